The molecule has 0 radical (unpaired) electrons. The largest absolute Gasteiger partial charge is 0.465 e. The Labute approximate surface area is 126 Å². The van der Waals surface area contributed by atoms with Gasteiger partial charge in [-0.2, -0.15) is 0 Å². The Hall–Kier alpha value is -1.59. The molecular weight excluding hydrogens is 296 g/mol. The van der Waals surface area contributed by atoms with Crippen LogP contribution >= 0.6 is 22.9 Å². The fourth-order valence-corrected chi connectivity index (χ4v) is 2.69. The van der Waals surface area contributed by atoms with Crippen molar-refractivity contribution in [2.24, 2.45) is 0 Å². The second-order valence-electron chi connectivity index (χ2n) is 4.34. The summed E-state index contributed by atoms with van der Waals surface area (Å²) >= 11 is 7.59. The number of halogens is 1. The average molecular weight is 311 g/mol. The molecule has 2 aromatic rings. The molecule has 6 heteroatoms. The zero-order chi connectivity index (χ0) is 14.7. The van der Waals surface area contributed by atoms with Crippen LogP contribution in [0.5, 0.6) is 0 Å². The maximum atomic E-state index is 11.7. The molecule has 0 fully saturated rings. The van der Waals surface area contributed by atoms with Crippen molar-refractivity contribution in [2.45, 2.75) is 19.9 Å². The van der Waals surface area contributed by atoms with Crippen molar-refractivity contribution in [3.05, 3.63) is 44.9 Å². The molecule has 0 spiro atoms. The van der Waals surface area contributed by atoms with Gasteiger partial charge in [-0.1, -0.05) is 11.6 Å². The summed E-state index contributed by atoms with van der Waals surface area (Å²) in [6, 6.07) is 5.00. The van der Waals surface area contributed by atoms with Gasteiger partial charge in [-0.3, -0.25) is 0 Å². The Balaban J connectivity index is 2.28. The normalized spacial score (nSPS) is 12.0. The summed E-state index contributed by atoms with van der Waals surface area (Å²) in [6.45, 7) is 3.94. The fourth-order valence-electron chi connectivity index (χ4n) is 1.81. The summed E-state index contributed by atoms with van der Waals surface area (Å²) in [5, 5.41) is 6.82. The van der Waals surface area contributed by atoms with E-state index in [-0.39, 0.29) is 6.04 Å². The molecule has 1 aromatic heterocycles. The molecule has 0 bridgehead atoms. The lowest BCUT2D eigenvalue weighted by Gasteiger charge is -2.16. The molecule has 1 unspecified atom stereocenters. The third-order valence-corrected chi connectivity index (χ3v) is 3.87. The number of esters is 1. The quantitative estimate of drug-likeness (QED) is 0.865. The van der Waals surface area contributed by atoms with Crippen molar-refractivity contribution in [3.63, 3.8) is 0 Å². The van der Waals surface area contributed by atoms with E-state index in [1.807, 2.05) is 19.2 Å². The smallest absolute Gasteiger partial charge is 0.339 e. The number of carbonyl (C=O) groups excluding carboxylic acids is 1. The molecule has 4 nitrogen and oxygen atoms in total. The van der Waals surface area contributed by atoms with E-state index in [2.05, 4.69) is 10.3 Å². The molecular formula is C14H15ClN2O2S. The van der Waals surface area contributed by atoms with Crippen LogP contribution in [0.25, 0.3) is 0 Å². The summed E-state index contributed by atoms with van der Waals surface area (Å²) in [5.74, 6) is -0.397. The second kappa shape index (κ2) is 6.24. The van der Waals surface area contributed by atoms with Gasteiger partial charge in [-0.25, -0.2) is 9.78 Å². The van der Waals surface area contributed by atoms with Crippen LogP contribution in [0.3, 0.4) is 0 Å². The fraction of sp³-hybridized carbons (Fsp3) is 0.286. The van der Waals surface area contributed by atoms with Gasteiger partial charge in [0.25, 0.3) is 0 Å². The van der Waals surface area contributed by atoms with Gasteiger partial charge < -0.3 is 10.1 Å². The molecule has 0 amide bonds. The van der Waals surface area contributed by atoms with Gasteiger partial charge in [0.15, 0.2) is 0 Å². The van der Waals surface area contributed by atoms with Crippen LogP contribution < -0.4 is 5.32 Å². The number of ether oxygens (including phenoxy) is 1. The number of aromatic nitrogens is 1. The van der Waals surface area contributed by atoms with Crippen LogP contribution in [0.1, 0.15) is 34.0 Å². The highest BCUT2D eigenvalue weighted by molar-refractivity contribution is 7.09. The van der Waals surface area contributed by atoms with Gasteiger partial charge in [0.05, 0.1) is 35.1 Å². The van der Waals surface area contributed by atoms with E-state index < -0.39 is 5.97 Å². The Morgan fingerprint density at radius 3 is 2.85 bits per heavy atom. The van der Waals surface area contributed by atoms with E-state index in [1.165, 1.54) is 7.11 Å². The zero-order valence-corrected chi connectivity index (χ0v) is 13.0. The van der Waals surface area contributed by atoms with Gasteiger partial charge in [-0.05, 0) is 32.0 Å². The van der Waals surface area contributed by atoms with Crippen LogP contribution in [0, 0.1) is 6.92 Å². The second-order valence-corrected chi connectivity index (χ2v) is 5.84. The third kappa shape index (κ3) is 3.29. The Morgan fingerprint density at radius 1 is 1.50 bits per heavy atom. The summed E-state index contributed by atoms with van der Waals surface area (Å²) in [6.07, 6.45) is 0. The van der Waals surface area contributed by atoms with E-state index in [1.54, 1.807) is 29.5 Å². The minimum Gasteiger partial charge on any atom is -0.465 e. The number of aryl methyl sites for hydroxylation is 1. The van der Waals surface area contributed by atoms with Gasteiger partial charge in [0.1, 0.15) is 0 Å². The molecule has 106 valence electrons. The summed E-state index contributed by atoms with van der Waals surface area (Å²) in [4.78, 5) is 16.2. The predicted molar refractivity (Wildman–Crippen MR) is 81.7 cm³/mol. The highest BCUT2D eigenvalue weighted by Gasteiger charge is 2.16. The van der Waals surface area contributed by atoms with Crippen LogP contribution in [-0.2, 0) is 4.74 Å². The molecule has 0 aliphatic heterocycles. The third-order valence-electron chi connectivity index (χ3n) is 2.84. The van der Waals surface area contributed by atoms with Crippen LogP contribution in [-0.4, -0.2) is 18.1 Å². The topological polar surface area (TPSA) is 51.2 Å². The number of hydrogen-bond donors (Lipinski definition) is 1. The highest BCUT2D eigenvalue weighted by atomic mass is 35.5. The Morgan fingerprint density at radius 2 is 2.25 bits per heavy atom. The van der Waals surface area contributed by atoms with Crippen molar-refractivity contribution >= 4 is 34.6 Å². The number of hydrogen-bond acceptors (Lipinski definition) is 5. The first-order valence-electron chi connectivity index (χ1n) is 6.07. The van der Waals surface area contributed by atoms with E-state index in [0.717, 1.165) is 10.7 Å². The monoisotopic (exact) mass is 310 g/mol. The predicted octanol–water partition coefficient (Wildman–Crippen LogP) is 4.06. The number of nitrogens with zero attached hydrogens (tertiary/aromatic N) is 1. The van der Waals surface area contributed by atoms with Crippen molar-refractivity contribution in [3.8, 4) is 0 Å². The lowest BCUT2D eigenvalue weighted by molar-refractivity contribution is 0.0602. The molecule has 1 atom stereocenters. The SMILES string of the molecule is COC(=O)c1ccc(Cl)cc1NC(C)c1csc(C)n1. The van der Waals surface area contributed by atoms with Crippen LogP contribution in [0.4, 0.5) is 5.69 Å². The number of benzene rings is 1. The summed E-state index contributed by atoms with van der Waals surface area (Å²) in [7, 11) is 1.36. The number of methoxy groups -OCH3 is 1. The van der Waals surface area contributed by atoms with Gasteiger partial charge in [0, 0.05) is 10.4 Å². The zero-order valence-electron chi connectivity index (χ0n) is 11.4. The highest BCUT2D eigenvalue weighted by Crippen LogP contribution is 2.26. The molecule has 0 aliphatic carbocycles. The number of nitrogens with one attached hydrogen (secondary N) is 1. The molecule has 20 heavy (non-hydrogen) atoms. The Bertz CT molecular complexity index is 627. The maximum absolute atomic E-state index is 11.7. The molecule has 0 saturated heterocycles. The first kappa shape index (κ1) is 14.8. The molecule has 0 aliphatic rings. The standard InChI is InChI=1S/C14H15ClN2O2S/c1-8(13-7-20-9(2)17-13)16-12-6-10(15)4-5-11(12)14(18)19-3/h4-8,16H,1-3H3. The van der Waals surface area contributed by atoms with Crippen molar-refractivity contribution in [1.29, 1.82) is 0 Å². The van der Waals surface area contributed by atoms with E-state index >= 15 is 0 Å². The number of thiazole rings is 1. The van der Waals surface area contributed by atoms with Crippen LogP contribution in [0.2, 0.25) is 5.02 Å². The molecule has 1 N–H and O–H groups in total. The maximum Gasteiger partial charge on any atom is 0.339 e. The molecule has 1 aromatic carbocycles. The first-order chi connectivity index (χ1) is 9.51. The first-order valence-corrected chi connectivity index (χ1v) is 7.33. The summed E-state index contributed by atoms with van der Waals surface area (Å²) < 4.78 is 4.77. The molecule has 0 saturated carbocycles. The van der Waals surface area contributed by atoms with Crippen molar-refractivity contribution < 1.29 is 9.53 Å². The number of rotatable bonds is 4. The molecule has 1 heterocycles. The van der Waals surface area contributed by atoms with Crippen molar-refractivity contribution in [1.82, 2.24) is 4.98 Å². The van der Waals surface area contributed by atoms with Gasteiger partial charge >= 0.3 is 5.97 Å². The average Bonchev–Trinajstić information content (AvgIpc) is 2.85. The van der Waals surface area contributed by atoms with E-state index in [0.29, 0.717) is 16.3 Å². The van der Waals surface area contributed by atoms with E-state index in [9.17, 15) is 4.79 Å². The van der Waals surface area contributed by atoms with Gasteiger partial charge in [-0.15, -0.1) is 11.3 Å². The van der Waals surface area contributed by atoms with Crippen molar-refractivity contribution in [2.75, 3.05) is 12.4 Å². The number of anilines is 1. The Kier molecular flexibility index (Phi) is 4.62. The minimum atomic E-state index is -0.397. The lowest BCUT2D eigenvalue weighted by Crippen LogP contribution is -2.12. The number of carbonyl (C=O) groups is 1. The molecule has 2 rings (SSSR count). The lowest BCUT2D eigenvalue weighted by atomic mass is 10.1. The van der Waals surface area contributed by atoms with Gasteiger partial charge in [0.2, 0.25) is 0 Å². The summed E-state index contributed by atoms with van der Waals surface area (Å²) in [5.41, 5.74) is 2.03. The van der Waals surface area contributed by atoms with Crippen LogP contribution in [0.15, 0.2) is 23.6 Å². The van der Waals surface area contributed by atoms with E-state index in [4.69, 9.17) is 16.3 Å². The minimum absolute atomic E-state index is 0.0261.